The molecule has 4 heteroatoms. The molecule has 3 aromatic heterocycles. The van der Waals surface area contributed by atoms with Crippen molar-refractivity contribution in [3.63, 3.8) is 0 Å². The zero-order chi connectivity index (χ0) is 39.5. The van der Waals surface area contributed by atoms with Crippen molar-refractivity contribution in [3.05, 3.63) is 206 Å². The first-order chi connectivity index (χ1) is 29.2. The van der Waals surface area contributed by atoms with Crippen LogP contribution in [-0.2, 0) is 0 Å². The smallest absolute Gasteiger partial charge is 0.0555 e. The Morgan fingerprint density at radius 2 is 1.00 bits per heavy atom. The van der Waals surface area contributed by atoms with Crippen molar-refractivity contribution in [2.24, 2.45) is 0 Å². The van der Waals surface area contributed by atoms with E-state index < -0.39 is 0 Å². The van der Waals surface area contributed by atoms with Crippen LogP contribution in [-0.4, -0.2) is 4.57 Å². The number of fused-ring (bicyclic) bond motifs is 7. The zero-order valence-corrected chi connectivity index (χ0v) is 34.1. The van der Waals surface area contributed by atoms with E-state index in [0.29, 0.717) is 0 Å². The molecule has 8 aromatic carbocycles. The molecule has 59 heavy (non-hydrogen) atoms. The van der Waals surface area contributed by atoms with Crippen LogP contribution in [0.1, 0.15) is 18.2 Å². The van der Waals surface area contributed by atoms with E-state index in [1.807, 2.05) is 28.7 Å². The second kappa shape index (κ2) is 14.4. The van der Waals surface area contributed by atoms with E-state index in [0.717, 1.165) is 22.6 Å². The first kappa shape index (κ1) is 35.2. The number of thiophene rings is 2. The minimum absolute atomic E-state index is 1.12. The minimum atomic E-state index is 1.12. The van der Waals surface area contributed by atoms with Crippen LogP contribution in [0.2, 0.25) is 0 Å². The number of aromatic nitrogens is 1. The van der Waals surface area contributed by atoms with Gasteiger partial charge in [0.05, 0.1) is 28.3 Å². The summed E-state index contributed by atoms with van der Waals surface area (Å²) in [5, 5.41) is 6.35. The van der Waals surface area contributed by atoms with Gasteiger partial charge >= 0.3 is 0 Å². The van der Waals surface area contributed by atoms with E-state index in [-0.39, 0.29) is 0 Å². The van der Waals surface area contributed by atoms with Gasteiger partial charge in [0.15, 0.2) is 0 Å². The molecule has 0 unspecified atom stereocenters. The summed E-state index contributed by atoms with van der Waals surface area (Å²) in [6.45, 7) is 6.26. The van der Waals surface area contributed by atoms with E-state index in [1.165, 1.54) is 84.9 Å². The van der Waals surface area contributed by atoms with E-state index in [1.54, 1.807) is 0 Å². The molecule has 280 valence electrons. The van der Waals surface area contributed by atoms with E-state index >= 15 is 0 Å². The third-order valence-corrected chi connectivity index (χ3v) is 13.8. The molecule has 0 aliphatic carbocycles. The number of para-hydroxylation sites is 2. The number of hydrogen-bond acceptors (Lipinski definition) is 3. The number of nitrogens with zero attached hydrogens (tertiary/aromatic N) is 2. The van der Waals surface area contributed by atoms with Gasteiger partial charge in [0.2, 0.25) is 0 Å². The van der Waals surface area contributed by atoms with Crippen LogP contribution >= 0.6 is 22.7 Å². The lowest BCUT2D eigenvalue weighted by atomic mass is 9.98. The summed E-state index contributed by atoms with van der Waals surface area (Å²) in [6, 6.07) is 66.6. The van der Waals surface area contributed by atoms with Gasteiger partial charge in [0.25, 0.3) is 0 Å². The fourth-order valence-electron chi connectivity index (χ4n) is 8.93. The normalized spacial score (nSPS) is 11.8. The topological polar surface area (TPSA) is 8.17 Å². The molecule has 0 fully saturated rings. The monoisotopic (exact) mass is 790 g/mol. The standard InChI is InChI=1S/C55H38N2S2/c1-3-15-45-40(4-2)42-17-6-10-21-47(42)57(45)46-20-9-5-16-41(46)38-30-28-36(29-31-38)37-32-34-39(35-33-37)56(48-22-13-26-52-54(48)43-18-7-11-24-50(43)58-52)49-23-14-27-53-55(49)44-19-8-12-25-51(44)59-53/h3-35H,2H2,1H3/b15-3-. The molecule has 3 heterocycles. The Labute approximate surface area is 351 Å². The second-order valence-electron chi connectivity index (χ2n) is 14.8. The second-order valence-corrected chi connectivity index (χ2v) is 17.0. The summed E-state index contributed by atoms with van der Waals surface area (Å²) in [4.78, 5) is 2.48. The van der Waals surface area contributed by atoms with Gasteiger partial charge in [0, 0.05) is 62.5 Å². The lowest BCUT2D eigenvalue weighted by Crippen LogP contribution is -2.10. The van der Waals surface area contributed by atoms with Gasteiger partial charge in [-0.05, 0) is 90.4 Å². The lowest BCUT2D eigenvalue weighted by molar-refractivity contribution is 1.11. The van der Waals surface area contributed by atoms with Crippen molar-refractivity contribution in [2.45, 2.75) is 6.92 Å². The number of benzene rings is 8. The van der Waals surface area contributed by atoms with Crippen LogP contribution in [0.25, 0.3) is 91.3 Å². The highest BCUT2D eigenvalue weighted by Gasteiger charge is 2.22. The van der Waals surface area contributed by atoms with Crippen molar-refractivity contribution >= 4 is 103 Å². The van der Waals surface area contributed by atoms with Crippen LogP contribution in [0.4, 0.5) is 17.1 Å². The molecule has 0 atom stereocenters. The largest absolute Gasteiger partial charge is 0.309 e. The van der Waals surface area contributed by atoms with Crippen molar-refractivity contribution < 1.29 is 0 Å². The summed E-state index contributed by atoms with van der Waals surface area (Å²) in [5.41, 5.74) is 12.8. The minimum Gasteiger partial charge on any atom is -0.309 e. The van der Waals surface area contributed by atoms with Gasteiger partial charge in [-0.3, -0.25) is 0 Å². The van der Waals surface area contributed by atoms with Crippen LogP contribution < -0.4 is 4.90 Å². The molecule has 0 saturated carbocycles. The molecule has 11 rings (SSSR count). The summed E-state index contributed by atoms with van der Waals surface area (Å²) in [5.74, 6) is 0. The van der Waals surface area contributed by atoms with E-state index in [2.05, 4.69) is 217 Å². The average molecular weight is 791 g/mol. The molecule has 0 aliphatic heterocycles. The summed E-state index contributed by atoms with van der Waals surface area (Å²) >= 11 is 3.72. The molecular weight excluding hydrogens is 753 g/mol. The molecule has 0 spiro atoms. The third-order valence-electron chi connectivity index (χ3n) is 11.5. The van der Waals surface area contributed by atoms with Gasteiger partial charge in [-0.2, -0.15) is 0 Å². The van der Waals surface area contributed by atoms with E-state index in [4.69, 9.17) is 0 Å². The Morgan fingerprint density at radius 3 is 1.61 bits per heavy atom. The Hall–Kier alpha value is -6.98. The van der Waals surface area contributed by atoms with Crippen LogP contribution in [0.3, 0.4) is 0 Å². The number of anilines is 3. The fourth-order valence-corrected chi connectivity index (χ4v) is 11.2. The highest BCUT2D eigenvalue weighted by molar-refractivity contribution is 7.26. The SMILES string of the molecule is C=Cc1c(/C=C\C)n(-c2ccccc2-c2ccc(-c3ccc(N(c4cccc5sc6ccccc6c45)c4cccc5sc6ccccc6c45)cc3)cc2)c2ccccc12. The summed E-state index contributed by atoms with van der Waals surface area (Å²) < 4.78 is 7.56. The first-order valence-corrected chi connectivity index (χ1v) is 21.6. The molecule has 0 aliphatic rings. The first-order valence-electron chi connectivity index (χ1n) is 20.0. The number of rotatable bonds is 8. The van der Waals surface area contributed by atoms with Gasteiger partial charge in [0.1, 0.15) is 0 Å². The predicted molar refractivity (Wildman–Crippen MR) is 259 cm³/mol. The molecule has 0 amide bonds. The van der Waals surface area contributed by atoms with Crippen molar-refractivity contribution in [3.8, 4) is 27.9 Å². The highest BCUT2D eigenvalue weighted by atomic mass is 32.1. The van der Waals surface area contributed by atoms with Crippen molar-refractivity contribution in [2.75, 3.05) is 4.90 Å². The predicted octanol–water partition coefficient (Wildman–Crippen LogP) is 16.8. The maximum atomic E-state index is 4.19. The quantitative estimate of drug-likeness (QED) is 0.149. The Bertz CT molecular complexity index is 3300. The Balaban J connectivity index is 1.02. The maximum Gasteiger partial charge on any atom is 0.0555 e. The average Bonchev–Trinajstić information content (AvgIpc) is 3.97. The Morgan fingerprint density at radius 1 is 0.492 bits per heavy atom. The van der Waals surface area contributed by atoms with Gasteiger partial charge in [-0.25, -0.2) is 0 Å². The lowest BCUT2D eigenvalue weighted by Gasteiger charge is -2.27. The summed E-state index contributed by atoms with van der Waals surface area (Å²) in [7, 11) is 0. The Kier molecular flexibility index (Phi) is 8.62. The van der Waals surface area contributed by atoms with Crippen molar-refractivity contribution in [1.29, 1.82) is 0 Å². The highest BCUT2D eigenvalue weighted by Crippen LogP contribution is 2.49. The molecule has 0 radical (unpaired) electrons. The molecule has 2 nitrogen and oxygen atoms in total. The van der Waals surface area contributed by atoms with E-state index in [9.17, 15) is 0 Å². The van der Waals surface area contributed by atoms with Gasteiger partial charge in [-0.1, -0.05) is 140 Å². The van der Waals surface area contributed by atoms with Crippen LogP contribution in [0, 0.1) is 0 Å². The number of hydrogen-bond donors (Lipinski definition) is 0. The van der Waals surface area contributed by atoms with Gasteiger partial charge < -0.3 is 9.47 Å². The van der Waals surface area contributed by atoms with Crippen LogP contribution in [0.5, 0.6) is 0 Å². The molecule has 0 bridgehead atoms. The third kappa shape index (κ3) is 5.75. The van der Waals surface area contributed by atoms with Gasteiger partial charge in [-0.15, -0.1) is 22.7 Å². The van der Waals surface area contributed by atoms with Crippen molar-refractivity contribution in [1.82, 2.24) is 4.57 Å². The van der Waals surface area contributed by atoms with Crippen LogP contribution in [0.15, 0.2) is 195 Å². The molecular formula is C55H38N2S2. The maximum absolute atomic E-state index is 4.19. The molecule has 11 aromatic rings. The summed E-state index contributed by atoms with van der Waals surface area (Å²) in [6.07, 6.45) is 6.27. The fraction of sp³-hybridized carbons (Fsp3) is 0.0182. The molecule has 0 N–H and O–H groups in total. The zero-order valence-electron chi connectivity index (χ0n) is 32.5. The number of allylic oxidation sites excluding steroid dienone is 1. The molecule has 0 saturated heterocycles.